The highest BCUT2D eigenvalue weighted by Crippen LogP contribution is 2.28. The average Bonchev–Trinajstić information content (AvgIpc) is 2.71. The van der Waals surface area contributed by atoms with E-state index in [1.807, 2.05) is 19.1 Å². The number of hydrogen-bond donors (Lipinski definition) is 2. The number of benzene rings is 2. The van der Waals surface area contributed by atoms with Crippen molar-refractivity contribution in [1.29, 1.82) is 0 Å². The van der Waals surface area contributed by atoms with Gasteiger partial charge in [-0.15, -0.1) is 0 Å². The van der Waals surface area contributed by atoms with E-state index in [0.717, 1.165) is 22.4 Å². The van der Waals surface area contributed by atoms with Gasteiger partial charge in [-0.3, -0.25) is 9.59 Å². The number of primary amides is 1. The molecule has 2 aromatic carbocycles. The Hall–Kier alpha value is -3.48. The van der Waals surface area contributed by atoms with Gasteiger partial charge in [0.05, 0.1) is 14.2 Å². The second-order valence-corrected chi connectivity index (χ2v) is 6.35. The van der Waals surface area contributed by atoms with E-state index >= 15 is 0 Å². The minimum atomic E-state index is -0.573. The molecule has 0 aliphatic heterocycles. The fraction of sp³-hybridized carbons (Fsp3) is 0.273. The van der Waals surface area contributed by atoms with Gasteiger partial charge in [0.25, 0.3) is 5.91 Å². The maximum atomic E-state index is 12.1. The zero-order chi connectivity index (χ0) is 21.2. The normalized spacial score (nSPS) is 10.6. The number of carbonyl (C=O) groups excluding carboxylic acids is 2. The van der Waals surface area contributed by atoms with Gasteiger partial charge in [-0.1, -0.05) is 23.8 Å². The molecule has 0 aromatic heterocycles. The molecule has 0 aliphatic rings. The summed E-state index contributed by atoms with van der Waals surface area (Å²) < 4.78 is 15.9. The molecule has 3 N–H and O–H groups in total. The highest BCUT2D eigenvalue weighted by atomic mass is 16.5. The summed E-state index contributed by atoms with van der Waals surface area (Å²) in [6, 6.07) is 11.1. The summed E-state index contributed by atoms with van der Waals surface area (Å²) >= 11 is 0. The van der Waals surface area contributed by atoms with Crippen LogP contribution in [0.5, 0.6) is 17.2 Å². The molecule has 0 heterocycles. The van der Waals surface area contributed by atoms with Gasteiger partial charge in [0.15, 0.2) is 18.1 Å². The number of nitrogens with two attached hydrogens (primary N) is 1. The Morgan fingerprint density at radius 1 is 1.03 bits per heavy atom. The van der Waals surface area contributed by atoms with Crippen molar-refractivity contribution in [2.24, 2.45) is 5.73 Å². The maximum absolute atomic E-state index is 12.1. The Morgan fingerprint density at radius 2 is 1.76 bits per heavy atom. The number of methoxy groups -OCH3 is 2. The van der Waals surface area contributed by atoms with Gasteiger partial charge in [0.1, 0.15) is 5.75 Å². The van der Waals surface area contributed by atoms with E-state index in [4.69, 9.17) is 19.9 Å². The van der Waals surface area contributed by atoms with Crippen LogP contribution in [0, 0.1) is 6.92 Å². The Bertz CT molecular complexity index is 893. The van der Waals surface area contributed by atoms with E-state index in [0.29, 0.717) is 24.5 Å². The van der Waals surface area contributed by atoms with Crippen LogP contribution in [0.25, 0.3) is 6.08 Å². The molecule has 0 saturated carbocycles. The summed E-state index contributed by atoms with van der Waals surface area (Å²) in [5.41, 5.74) is 8.02. The first kappa shape index (κ1) is 21.8. The van der Waals surface area contributed by atoms with E-state index in [9.17, 15) is 9.59 Å². The van der Waals surface area contributed by atoms with Crippen molar-refractivity contribution in [3.8, 4) is 17.2 Å². The number of rotatable bonds is 10. The van der Waals surface area contributed by atoms with Crippen molar-refractivity contribution in [1.82, 2.24) is 5.32 Å². The molecule has 0 atom stereocenters. The molecule has 2 amide bonds. The van der Waals surface area contributed by atoms with Crippen LogP contribution in [0.1, 0.15) is 16.7 Å². The zero-order valence-corrected chi connectivity index (χ0v) is 16.9. The number of carbonyl (C=O) groups is 2. The van der Waals surface area contributed by atoms with Gasteiger partial charge in [-0.2, -0.15) is 0 Å². The Balaban J connectivity index is 1.91. The smallest absolute Gasteiger partial charge is 0.255 e. The van der Waals surface area contributed by atoms with E-state index in [2.05, 4.69) is 11.4 Å². The number of aryl methyl sites for hydroxylation is 1. The molecule has 2 rings (SSSR count). The summed E-state index contributed by atoms with van der Waals surface area (Å²) in [5.74, 6) is 0.882. The number of nitrogens with one attached hydrogen (secondary N) is 1. The molecule has 0 bridgehead atoms. The fourth-order valence-electron chi connectivity index (χ4n) is 2.71. The average molecular weight is 398 g/mol. The molecule has 7 nitrogen and oxygen atoms in total. The predicted octanol–water partition coefficient (Wildman–Crippen LogP) is 2.25. The van der Waals surface area contributed by atoms with Crippen LogP contribution in [-0.2, 0) is 16.0 Å². The van der Waals surface area contributed by atoms with Crippen LogP contribution in [0.2, 0.25) is 0 Å². The second-order valence-electron chi connectivity index (χ2n) is 6.35. The monoisotopic (exact) mass is 398 g/mol. The molecule has 0 saturated heterocycles. The number of hydrogen-bond acceptors (Lipinski definition) is 5. The topological polar surface area (TPSA) is 99.9 Å². The lowest BCUT2D eigenvalue weighted by Crippen LogP contribution is -2.23. The molecule has 2 aromatic rings. The van der Waals surface area contributed by atoms with Crippen molar-refractivity contribution in [2.75, 3.05) is 27.4 Å². The van der Waals surface area contributed by atoms with Crippen LogP contribution in [0.15, 0.2) is 42.5 Å². The quantitative estimate of drug-likeness (QED) is 0.598. The van der Waals surface area contributed by atoms with Crippen molar-refractivity contribution < 1.29 is 23.8 Å². The first-order chi connectivity index (χ1) is 13.9. The number of ether oxygens (including phenoxy) is 3. The molecule has 0 radical (unpaired) electrons. The summed E-state index contributed by atoms with van der Waals surface area (Å²) in [5, 5.41) is 2.86. The van der Waals surface area contributed by atoms with Crippen LogP contribution in [0.4, 0.5) is 0 Å². The van der Waals surface area contributed by atoms with Crippen molar-refractivity contribution >= 4 is 17.9 Å². The predicted molar refractivity (Wildman–Crippen MR) is 111 cm³/mol. The summed E-state index contributed by atoms with van der Waals surface area (Å²) in [7, 11) is 3.13. The summed E-state index contributed by atoms with van der Waals surface area (Å²) in [4.78, 5) is 22.9. The SMILES string of the molecule is COc1ccc(C)cc1CCNC(=O)/C=C/c1ccc(OCC(N)=O)c(OC)c1. The van der Waals surface area contributed by atoms with Crippen LogP contribution in [-0.4, -0.2) is 39.2 Å². The van der Waals surface area contributed by atoms with E-state index in [1.165, 1.54) is 13.2 Å². The number of amides is 2. The summed E-state index contributed by atoms with van der Waals surface area (Å²) in [6.45, 7) is 2.27. The van der Waals surface area contributed by atoms with Gasteiger partial charge in [0.2, 0.25) is 5.91 Å². The van der Waals surface area contributed by atoms with E-state index < -0.39 is 5.91 Å². The third-order valence-electron chi connectivity index (χ3n) is 4.11. The Labute approximate surface area is 170 Å². The molecule has 29 heavy (non-hydrogen) atoms. The van der Waals surface area contributed by atoms with E-state index in [-0.39, 0.29) is 12.5 Å². The van der Waals surface area contributed by atoms with E-state index in [1.54, 1.807) is 31.4 Å². The van der Waals surface area contributed by atoms with Crippen molar-refractivity contribution in [2.45, 2.75) is 13.3 Å². The van der Waals surface area contributed by atoms with Crippen molar-refractivity contribution in [3.63, 3.8) is 0 Å². The standard InChI is InChI=1S/C22H26N2O5/c1-15-4-7-18(27-2)17(12-15)10-11-24-22(26)9-6-16-5-8-19(20(13-16)28-3)29-14-21(23)25/h4-9,12-13H,10-11,14H2,1-3H3,(H2,23,25)(H,24,26)/b9-6+. The molecule has 0 unspecified atom stereocenters. The molecular weight excluding hydrogens is 372 g/mol. The third kappa shape index (κ3) is 6.88. The molecule has 7 heteroatoms. The van der Waals surface area contributed by atoms with Crippen molar-refractivity contribution in [3.05, 3.63) is 59.2 Å². The van der Waals surface area contributed by atoms with Crippen LogP contribution in [0.3, 0.4) is 0 Å². The van der Waals surface area contributed by atoms with Gasteiger partial charge < -0.3 is 25.3 Å². The third-order valence-corrected chi connectivity index (χ3v) is 4.11. The highest BCUT2D eigenvalue weighted by Gasteiger charge is 2.07. The lowest BCUT2D eigenvalue weighted by atomic mass is 10.1. The molecule has 0 aliphatic carbocycles. The molecule has 0 fully saturated rings. The fourth-order valence-corrected chi connectivity index (χ4v) is 2.71. The van der Waals surface area contributed by atoms with Crippen LogP contribution >= 0.6 is 0 Å². The van der Waals surface area contributed by atoms with Gasteiger partial charge in [0, 0.05) is 12.6 Å². The Morgan fingerprint density at radius 3 is 2.45 bits per heavy atom. The molecule has 154 valence electrons. The minimum absolute atomic E-state index is 0.204. The Kier molecular flexibility index (Phi) is 8.09. The van der Waals surface area contributed by atoms with Crippen LogP contribution < -0.4 is 25.3 Å². The van der Waals surface area contributed by atoms with Gasteiger partial charge in [-0.25, -0.2) is 0 Å². The largest absolute Gasteiger partial charge is 0.496 e. The summed E-state index contributed by atoms with van der Waals surface area (Å²) in [6.07, 6.45) is 3.79. The zero-order valence-electron chi connectivity index (χ0n) is 16.9. The van der Waals surface area contributed by atoms with Gasteiger partial charge >= 0.3 is 0 Å². The first-order valence-corrected chi connectivity index (χ1v) is 9.11. The highest BCUT2D eigenvalue weighted by molar-refractivity contribution is 5.91. The molecular formula is C22H26N2O5. The lowest BCUT2D eigenvalue weighted by molar-refractivity contribution is -0.120. The lowest BCUT2D eigenvalue weighted by Gasteiger charge is -2.10. The second kappa shape index (κ2) is 10.8. The minimum Gasteiger partial charge on any atom is -0.496 e. The first-order valence-electron chi connectivity index (χ1n) is 9.11. The molecule has 0 spiro atoms. The maximum Gasteiger partial charge on any atom is 0.255 e. The van der Waals surface area contributed by atoms with Gasteiger partial charge in [-0.05, 0) is 48.7 Å².